The molecule has 0 aromatic rings. The number of ether oxygens (including phenoxy) is 1. The highest BCUT2D eigenvalue weighted by Gasteiger charge is 2.28. The highest BCUT2D eigenvalue weighted by Crippen LogP contribution is 2.28. The minimum Gasteiger partial charge on any atom is -0.381 e. The smallest absolute Gasteiger partial charge is 0.315 e. The van der Waals surface area contributed by atoms with Crippen LogP contribution in [-0.4, -0.2) is 31.3 Å². The van der Waals surface area contributed by atoms with E-state index in [4.69, 9.17) is 4.74 Å². The van der Waals surface area contributed by atoms with Gasteiger partial charge in [-0.15, -0.1) is 0 Å². The number of hydrogen-bond donors (Lipinski definition) is 2. The lowest BCUT2D eigenvalue weighted by Gasteiger charge is -2.34. The van der Waals surface area contributed by atoms with Crippen molar-refractivity contribution in [3.63, 3.8) is 0 Å². The third-order valence-electron chi connectivity index (χ3n) is 2.86. The topological polar surface area (TPSA) is 50.4 Å². The summed E-state index contributed by atoms with van der Waals surface area (Å²) in [5, 5.41) is 5.84. The Bertz CT molecular complexity index is 240. The summed E-state index contributed by atoms with van der Waals surface area (Å²) < 4.78 is 5.32. The number of amides is 2. The van der Waals surface area contributed by atoms with Gasteiger partial charge in [-0.05, 0) is 39.0 Å². The van der Waals surface area contributed by atoms with Gasteiger partial charge in [0.1, 0.15) is 0 Å². The van der Waals surface area contributed by atoms with Crippen molar-refractivity contribution in [3.05, 3.63) is 0 Å². The van der Waals surface area contributed by atoms with Gasteiger partial charge in [0.25, 0.3) is 0 Å². The maximum absolute atomic E-state index is 11.6. The monoisotopic (exact) mass is 228 g/mol. The fraction of sp³-hybridized carbons (Fsp3) is 0.917. The molecule has 1 saturated heterocycles. The van der Waals surface area contributed by atoms with E-state index in [-0.39, 0.29) is 17.0 Å². The van der Waals surface area contributed by atoms with Crippen LogP contribution in [0, 0.1) is 5.41 Å². The molecule has 16 heavy (non-hydrogen) atoms. The molecule has 94 valence electrons. The normalized spacial score (nSPS) is 20.2. The van der Waals surface area contributed by atoms with E-state index in [0.717, 1.165) is 32.6 Å². The van der Waals surface area contributed by atoms with Crippen LogP contribution in [0.3, 0.4) is 0 Å². The molecule has 4 heteroatoms. The average Bonchev–Trinajstić information content (AvgIpc) is 2.14. The molecule has 2 amide bonds. The summed E-state index contributed by atoms with van der Waals surface area (Å²) >= 11 is 0. The maximum Gasteiger partial charge on any atom is 0.315 e. The standard InChI is InChI=1S/C12H24N2O2/c1-11(2,3)14-10(15)13-9-12(4)5-7-16-8-6-12/h5-9H2,1-4H3,(H2,13,14,15). The van der Waals surface area contributed by atoms with Gasteiger partial charge in [0, 0.05) is 25.3 Å². The van der Waals surface area contributed by atoms with Gasteiger partial charge in [0.2, 0.25) is 0 Å². The van der Waals surface area contributed by atoms with Crippen LogP contribution in [-0.2, 0) is 4.74 Å². The zero-order valence-electron chi connectivity index (χ0n) is 10.9. The van der Waals surface area contributed by atoms with Gasteiger partial charge in [0.15, 0.2) is 0 Å². The molecule has 1 aliphatic rings. The van der Waals surface area contributed by atoms with Crippen molar-refractivity contribution < 1.29 is 9.53 Å². The lowest BCUT2D eigenvalue weighted by Crippen LogP contribution is -2.49. The van der Waals surface area contributed by atoms with Gasteiger partial charge < -0.3 is 15.4 Å². The summed E-state index contributed by atoms with van der Waals surface area (Å²) in [6.45, 7) is 10.5. The Balaban J connectivity index is 2.30. The lowest BCUT2D eigenvalue weighted by atomic mass is 9.82. The van der Waals surface area contributed by atoms with Crippen molar-refractivity contribution in [2.24, 2.45) is 5.41 Å². The molecule has 0 spiro atoms. The van der Waals surface area contributed by atoms with Crippen LogP contribution in [0.4, 0.5) is 4.79 Å². The number of urea groups is 1. The van der Waals surface area contributed by atoms with Gasteiger partial charge in [0.05, 0.1) is 0 Å². The van der Waals surface area contributed by atoms with E-state index >= 15 is 0 Å². The van der Waals surface area contributed by atoms with E-state index in [9.17, 15) is 4.79 Å². The minimum atomic E-state index is -0.180. The van der Waals surface area contributed by atoms with E-state index in [1.807, 2.05) is 20.8 Å². The summed E-state index contributed by atoms with van der Waals surface area (Å²) in [6.07, 6.45) is 2.03. The third kappa shape index (κ3) is 4.84. The Kier molecular flexibility index (Phi) is 4.19. The molecule has 0 bridgehead atoms. The molecular weight excluding hydrogens is 204 g/mol. The van der Waals surface area contributed by atoms with Crippen LogP contribution >= 0.6 is 0 Å². The van der Waals surface area contributed by atoms with Crippen molar-refractivity contribution in [3.8, 4) is 0 Å². The number of carbonyl (C=O) groups excluding carboxylic acids is 1. The molecule has 0 radical (unpaired) electrons. The molecule has 0 aliphatic carbocycles. The summed E-state index contributed by atoms with van der Waals surface area (Å²) in [5.41, 5.74) is 0.00807. The fourth-order valence-electron chi connectivity index (χ4n) is 1.72. The second kappa shape index (κ2) is 5.04. The first-order valence-corrected chi connectivity index (χ1v) is 5.95. The molecule has 0 saturated carbocycles. The van der Waals surface area contributed by atoms with E-state index in [1.165, 1.54) is 0 Å². The van der Waals surface area contributed by atoms with Gasteiger partial charge in [-0.3, -0.25) is 0 Å². The maximum atomic E-state index is 11.6. The molecule has 0 aromatic carbocycles. The molecule has 1 aliphatic heterocycles. The Hall–Kier alpha value is -0.770. The molecule has 0 aromatic heterocycles. The summed E-state index contributed by atoms with van der Waals surface area (Å²) in [5.74, 6) is 0. The van der Waals surface area contributed by atoms with Crippen molar-refractivity contribution in [1.29, 1.82) is 0 Å². The van der Waals surface area contributed by atoms with Crippen LogP contribution in [0.1, 0.15) is 40.5 Å². The molecule has 0 unspecified atom stereocenters. The first-order valence-electron chi connectivity index (χ1n) is 5.95. The average molecular weight is 228 g/mol. The highest BCUT2D eigenvalue weighted by atomic mass is 16.5. The zero-order valence-corrected chi connectivity index (χ0v) is 10.9. The van der Waals surface area contributed by atoms with Crippen LogP contribution in [0.15, 0.2) is 0 Å². The molecule has 4 nitrogen and oxygen atoms in total. The van der Waals surface area contributed by atoms with Crippen molar-refractivity contribution in [2.75, 3.05) is 19.8 Å². The van der Waals surface area contributed by atoms with Crippen LogP contribution in [0.5, 0.6) is 0 Å². The van der Waals surface area contributed by atoms with Gasteiger partial charge in [-0.1, -0.05) is 6.92 Å². The first kappa shape index (κ1) is 13.3. The largest absolute Gasteiger partial charge is 0.381 e. The van der Waals surface area contributed by atoms with Gasteiger partial charge in [-0.2, -0.15) is 0 Å². The van der Waals surface area contributed by atoms with Crippen LogP contribution in [0.25, 0.3) is 0 Å². The second-order valence-corrected chi connectivity index (χ2v) is 5.98. The zero-order chi connectivity index (χ0) is 12.2. The SMILES string of the molecule is CC1(CNC(=O)NC(C)(C)C)CCOCC1. The molecule has 1 rings (SSSR count). The molecule has 1 fully saturated rings. The van der Waals surface area contributed by atoms with Crippen LogP contribution < -0.4 is 10.6 Å². The predicted molar refractivity (Wildman–Crippen MR) is 64.4 cm³/mol. The molecule has 1 heterocycles. The van der Waals surface area contributed by atoms with E-state index in [0.29, 0.717) is 0 Å². The lowest BCUT2D eigenvalue weighted by molar-refractivity contribution is 0.0251. The van der Waals surface area contributed by atoms with Crippen molar-refractivity contribution in [1.82, 2.24) is 10.6 Å². The summed E-state index contributed by atoms with van der Waals surface area (Å²) in [7, 11) is 0. The highest BCUT2D eigenvalue weighted by molar-refractivity contribution is 5.74. The Morgan fingerprint density at radius 1 is 1.31 bits per heavy atom. The second-order valence-electron chi connectivity index (χ2n) is 5.98. The van der Waals surface area contributed by atoms with Crippen LogP contribution in [0.2, 0.25) is 0 Å². The van der Waals surface area contributed by atoms with E-state index < -0.39 is 0 Å². The third-order valence-corrected chi connectivity index (χ3v) is 2.86. The number of rotatable bonds is 2. The fourth-order valence-corrected chi connectivity index (χ4v) is 1.72. The van der Waals surface area contributed by atoms with Crippen molar-refractivity contribution >= 4 is 6.03 Å². The Morgan fingerprint density at radius 2 is 1.88 bits per heavy atom. The number of nitrogens with one attached hydrogen (secondary N) is 2. The van der Waals surface area contributed by atoms with E-state index in [1.54, 1.807) is 0 Å². The number of hydrogen-bond acceptors (Lipinski definition) is 2. The summed E-state index contributed by atoms with van der Waals surface area (Å²) in [6, 6.07) is -0.0831. The molecule has 2 N–H and O–H groups in total. The molecule has 0 atom stereocenters. The molecular formula is C12H24N2O2. The quantitative estimate of drug-likeness (QED) is 0.758. The number of carbonyl (C=O) groups is 1. The van der Waals surface area contributed by atoms with E-state index in [2.05, 4.69) is 17.6 Å². The predicted octanol–water partition coefficient (Wildman–Crippen LogP) is 1.90. The van der Waals surface area contributed by atoms with Gasteiger partial charge in [-0.25, -0.2) is 4.79 Å². The Morgan fingerprint density at radius 3 is 2.38 bits per heavy atom. The first-order chi connectivity index (χ1) is 7.31. The van der Waals surface area contributed by atoms with Crippen molar-refractivity contribution in [2.45, 2.75) is 46.1 Å². The van der Waals surface area contributed by atoms with Gasteiger partial charge >= 0.3 is 6.03 Å². The summed E-state index contributed by atoms with van der Waals surface area (Å²) in [4.78, 5) is 11.6. The minimum absolute atomic E-state index is 0.0831. The Labute approximate surface area is 98.1 Å².